The summed E-state index contributed by atoms with van der Waals surface area (Å²) in [6, 6.07) is 63.9. The van der Waals surface area contributed by atoms with E-state index in [4.69, 9.17) is 0 Å². The van der Waals surface area contributed by atoms with Gasteiger partial charge in [0.1, 0.15) is 0 Å². The minimum Gasteiger partial charge on any atom is -0.307 e. The molecule has 10 aromatic carbocycles. The fourth-order valence-electron chi connectivity index (χ4n) is 10.8. The molecule has 0 aliphatic carbocycles. The summed E-state index contributed by atoms with van der Waals surface area (Å²) in [5.74, 6) is 0. The number of nitrogens with zero attached hydrogens (tertiary/aromatic N) is 3. The van der Waals surface area contributed by atoms with Crippen LogP contribution in [-0.4, -0.2) is 9.13 Å². The van der Waals surface area contributed by atoms with Gasteiger partial charge in [0.25, 0.3) is 0 Å². The van der Waals surface area contributed by atoms with E-state index in [-0.39, 0.29) is 11.3 Å². The van der Waals surface area contributed by atoms with Crippen molar-refractivity contribution in [2.45, 2.75) is 40.0 Å². The Hall–Kier alpha value is -9.13. The molecule has 0 saturated carbocycles. The van der Waals surface area contributed by atoms with Gasteiger partial charge in [-0.05, 0) is 121 Å². The molecular weight excluding hydrogens is 961 g/mol. The zero-order valence-electron chi connectivity index (χ0n) is 41.7. The topological polar surface area (TPSA) is 33.6 Å². The lowest BCUT2D eigenvalue weighted by Gasteiger charge is -2.23. The van der Waals surface area contributed by atoms with Gasteiger partial charge in [0.2, 0.25) is 0 Å². The molecule has 0 N–H and O–H groups in total. The van der Waals surface area contributed by atoms with E-state index >= 15 is 26.3 Å². The van der Waals surface area contributed by atoms with Gasteiger partial charge in [0, 0.05) is 32.7 Å². The number of hydrogen-bond donors (Lipinski definition) is 0. The first kappa shape index (κ1) is 47.8. The molecule has 370 valence electrons. The zero-order valence-corrected chi connectivity index (χ0v) is 41.7. The minimum atomic E-state index is -5.23. The number of rotatable bonds is 7. The highest BCUT2D eigenvalue weighted by Gasteiger charge is 2.42. The molecule has 0 bridgehead atoms. The summed E-state index contributed by atoms with van der Waals surface area (Å²) >= 11 is 0. The van der Waals surface area contributed by atoms with E-state index in [9.17, 15) is 5.26 Å². The Labute approximate surface area is 434 Å². The Morgan fingerprint density at radius 2 is 0.618 bits per heavy atom. The van der Waals surface area contributed by atoms with Gasteiger partial charge in [-0.1, -0.05) is 174 Å². The summed E-state index contributed by atoms with van der Waals surface area (Å²) in [7, 11) is 0. The number of aromatic nitrogens is 2. The summed E-state index contributed by atoms with van der Waals surface area (Å²) in [6.45, 7) is 8.04. The van der Waals surface area contributed by atoms with Crippen LogP contribution in [0, 0.1) is 39.0 Å². The van der Waals surface area contributed by atoms with E-state index < -0.39 is 34.6 Å². The van der Waals surface area contributed by atoms with Crippen LogP contribution in [-0.2, 0) is 12.4 Å². The highest BCUT2D eigenvalue weighted by Crippen LogP contribution is 2.49. The molecule has 3 nitrogen and oxygen atoms in total. The molecule has 12 aromatic rings. The van der Waals surface area contributed by atoms with Crippen molar-refractivity contribution in [3.63, 3.8) is 0 Å². The van der Waals surface area contributed by atoms with E-state index in [1.165, 1.54) is 12.1 Å². The molecule has 12 rings (SSSR count). The Balaban J connectivity index is 1.29. The van der Waals surface area contributed by atoms with Gasteiger partial charge in [-0.2, -0.15) is 31.6 Å². The molecule has 76 heavy (non-hydrogen) atoms. The average Bonchev–Trinajstić information content (AvgIpc) is 4.13. The van der Waals surface area contributed by atoms with Crippen molar-refractivity contribution in [1.29, 1.82) is 5.26 Å². The molecule has 0 unspecified atom stereocenters. The summed E-state index contributed by atoms with van der Waals surface area (Å²) in [5.41, 5.74) is 9.74. The molecule has 0 aliphatic rings. The Morgan fingerprint density at radius 1 is 0.342 bits per heavy atom. The summed E-state index contributed by atoms with van der Waals surface area (Å²) < 4.78 is 96.3. The number of nitriles is 1. The maximum absolute atomic E-state index is 15.4. The zero-order chi connectivity index (χ0) is 52.8. The van der Waals surface area contributed by atoms with Crippen molar-refractivity contribution < 1.29 is 26.3 Å². The molecule has 0 saturated heterocycles. The largest absolute Gasteiger partial charge is 0.417 e. The monoisotopic (exact) mass is 1010 g/mol. The van der Waals surface area contributed by atoms with Crippen molar-refractivity contribution in [2.24, 2.45) is 0 Å². The Kier molecular flexibility index (Phi) is 11.4. The van der Waals surface area contributed by atoms with Gasteiger partial charge >= 0.3 is 12.4 Å². The van der Waals surface area contributed by atoms with Crippen LogP contribution < -0.4 is 0 Å². The van der Waals surface area contributed by atoms with Gasteiger partial charge in [0.15, 0.2) is 0 Å². The molecule has 0 radical (unpaired) electrons. The predicted octanol–water partition coefficient (Wildman–Crippen LogP) is 19.4. The van der Waals surface area contributed by atoms with Crippen molar-refractivity contribution in [3.8, 4) is 73.1 Å². The van der Waals surface area contributed by atoms with Crippen LogP contribution in [0.5, 0.6) is 0 Å². The van der Waals surface area contributed by atoms with Gasteiger partial charge in [-0.3, -0.25) is 0 Å². The number of alkyl halides is 6. The molecule has 0 fully saturated rings. The fourth-order valence-corrected chi connectivity index (χ4v) is 10.8. The smallest absolute Gasteiger partial charge is 0.307 e. The van der Waals surface area contributed by atoms with Crippen molar-refractivity contribution in [2.75, 3.05) is 0 Å². The highest BCUT2D eigenvalue weighted by atomic mass is 19.4. The number of hydrogen-bond acceptors (Lipinski definition) is 1. The lowest BCUT2D eigenvalue weighted by Crippen LogP contribution is -2.15. The van der Waals surface area contributed by atoms with E-state index in [0.717, 1.165) is 94.4 Å². The summed E-state index contributed by atoms with van der Waals surface area (Å²) in [6.07, 6.45) is -10.5. The number of aryl methyl sites for hydroxylation is 4. The van der Waals surface area contributed by atoms with Crippen LogP contribution in [0.25, 0.3) is 111 Å². The summed E-state index contributed by atoms with van der Waals surface area (Å²) in [4.78, 5) is 0. The van der Waals surface area contributed by atoms with Gasteiger partial charge in [-0.25, -0.2) is 0 Å². The van der Waals surface area contributed by atoms with Crippen LogP contribution in [0.1, 0.15) is 38.9 Å². The van der Waals surface area contributed by atoms with Crippen LogP contribution >= 0.6 is 0 Å². The fraction of sp³-hybridized carbons (Fsp3) is 0.0896. The highest BCUT2D eigenvalue weighted by molar-refractivity contribution is 6.14. The third kappa shape index (κ3) is 8.27. The molecule has 0 aliphatic heterocycles. The van der Waals surface area contributed by atoms with E-state index in [1.54, 1.807) is 0 Å². The van der Waals surface area contributed by atoms with Gasteiger partial charge in [-0.15, -0.1) is 0 Å². The molecule has 2 heterocycles. The molecule has 0 spiro atoms. The van der Waals surface area contributed by atoms with Gasteiger partial charge < -0.3 is 9.13 Å². The minimum absolute atomic E-state index is 0.251. The maximum Gasteiger partial charge on any atom is 0.417 e. The summed E-state index contributed by atoms with van der Waals surface area (Å²) in [5, 5.41) is 14.5. The number of fused-ring (bicyclic) bond motifs is 6. The first-order valence-electron chi connectivity index (χ1n) is 24.8. The van der Waals surface area contributed by atoms with Crippen molar-refractivity contribution in [3.05, 3.63) is 239 Å². The quantitative estimate of drug-likeness (QED) is 0.147. The van der Waals surface area contributed by atoms with Crippen LogP contribution in [0.4, 0.5) is 26.3 Å². The van der Waals surface area contributed by atoms with E-state index in [2.05, 4.69) is 18.2 Å². The first-order valence-corrected chi connectivity index (χ1v) is 24.8. The van der Waals surface area contributed by atoms with E-state index in [1.807, 2.05) is 195 Å². The van der Waals surface area contributed by atoms with Crippen molar-refractivity contribution in [1.82, 2.24) is 9.13 Å². The molecular formula is C67H45F6N3. The Morgan fingerprint density at radius 3 is 0.895 bits per heavy atom. The Bertz CT molecular complexity index is 4080. The van der Waals surface area contributed by atoms with Crippen LogP contribution in [0.15, 0.2) is 200 Å². The third-order valence-corrected chi connectivity index (χ3v) is 14.7. The second kappa shape index (κ2) is 18.1. The third-order valence-electron chi connectivity index (χ3n) is 14.7. The molecule has 2 aromatic heterocycles. The predicted molar refractivity (Wildman–Crippen MR) is 296 cm³/mol. The standard InChI is InChI=1S/C67H45F6N3/c1-39-8-16-43(17-9-39)47-24-28-52-53-29-25-48(44-18-10-40(2)11-19-44)33-60(53)75(59(52)32-47)63-36-51(38-74)56(65-57(66(68,69)70)6-5-7-58(65)67(71,72)73)37-64(63)76-61-34-49(45-20-12-41(3)13-21-45)26-30-54(61)55-31-27-50(35-62(55)76)46-22-14-42(4)15-23-46/h5-37H,1-4H3. The van der Waals surface area contributed by atoms with Crippen molar-refractivity contribution >= 4 is 43.6 Å². The molecule has 0 amide bonds. The average molecular weight is 1010 g/mol. The van der Waals surface area contributed by atoms with Crippen LogP contribution in [0.2, 0.25) is 0 Å². The second-order valence-electron chi connectivity index (χ2n) is 19.8. The number of benzene rings is 10. The SMILES string of the molecule is Cc1ccc(-c2ccc3c4ccc(-c5ccc(C)cc5)cc4n(-c4cc(C#N)c(-c5c(C(F)(F)F)cccc5C(F)(F)F)cc4-n4c5cc(-c6ccc(C)cc6)ccc5c5ccc(-c6ccc(C)cc6)cc54)c3c2)cc1. The lowest BCUT2D eigenvalue weighted by atomic mass is 9.89. The lowest BCUT2D eigenvalue weighted by molar-refractivity contribution is -0.142. The van der Waals surface area contributed by atoms with E-state index in [0.29, 0.717) is 39.9 Å². The first-order chi connectivity index (χ1) is 36.5. The maximum atomic E-state index is 15.4. The van der Waals surface area contributed by atoms with Crippen LogP contribution in [0.3, 0.4) is 0 Å². The second-order valence-corrected chi connectivity index (χ2v) is 19.8. The normalized spacial score (nSPS) is 12.1. The molecule has 0 atom stereocenters. The van der Waals surface area contributed by atoms with Gasteiger partial charge in [0.05, 0.1) is 56.2 Å². The number of halogens is 6. The molecule has 9 heteroatoms.